The Hall–Kier alpha value is -1.88. The summed E-state index contributed by atoms with van der Waals surface area (Å²) in [7, 11) is 0. The molecule has 2 unspecified atom stereocenters. The van der Waals surface area contributed by atoms with Crippen molar-refractivity contribution in [3.05, 3.63) is 52.6 Å². The van der Waals surface area contributed by atoms with E-state index in [2.05, 4.69) is 44.2 Å². The zero-order chi connectivity index (χ0) is 22.0. The fraction of sp³-hybridized carbons (Fsp3) is 0.556. The summed E-state index contributed by atoms with van der Waals surface area (Å²) in [6, 6.07) is 10.8. The predicted octanol–water partition coefficient (Wildman–Crippen LogP) is 6.04. The Kier molecular flexibility index (Phi) is 6.71. The first-order chi connectivity index (χ1) is 14.8. The number of hydrogen-bond acceptors (Lipinski definition) is 4. The highest BCUT2D eigenvalue weighted by Gasteiger charge is 2.29. The Morgan fingerprint density at radius 1 is 1.10 bits per heavy atom. The molecule has 1 fully saturated rings. The van der Waals surface area contributed by atoms with Crippen LogP contribution in [-0.4, -0.2) is 30.2 Å². The minimum atomic E-state index is -0.712. The number of rotatable bonds is 7. The first kappa shape index (κ1) is 22.3. The van der Waals surface area contributed by atoms with E-state index in [1.807, 2.05) is 13.8 Å². The van der Waals surface area contributed by atoms with Gasteiger partial charge in [-0.3, -0.25) is 0 Å². The first-order valence-corrected chi connectivity index (χ1v) is 11.7. The van der Waals surface area contributed by atoms with Gasteiger partial charge in [0, 0.05) is 13.0 Å². The molecule has 168 valence electrons. The van der Waals surface area contributed by atoms with Gasteiger partial charge in [-0.2, -0.15) is 0 Å². The van der Waals surface area contributed by atoms with Crippen molar-refractivity contribution in [2.24, 2.45) is 0 Å². The summed E-state index contributed by atoms with van der Waals surface area (Å²) in [5.74, 6) is 0.867. The van der Waals surface area contributed by atoms with Crippen molar-refractivity contribution in [2.75, 3.05) is 13.2 Å². The maximum absolute atomic E-state index is 9.91. The first-order valence-electron chi connectivity index (χ1n) is 11.7. The average molecular weight is 425 g/mol. The topological polar surface area (TPSA) is 47.9 Å². The summed E-state index contributed by atoms with van der Waals surface area (Å²) < 4.78 is 18.1. The van der Waals surface area contributed by atoms with E-state index in [0.29, 0.717) is 13.0 Å². The molecular formula is C27H36O4. The van der Waals surface area contributed by atoms with Crippen LogP contribution in [0.15, 0.2) is 30.3 Å². The van der Waals surface area contributed by atoms with E-state index < -0.39 is 5.60 Å². The van der Waals surface area contributed by atoms with Gasteiger partial charge >= 0.3 is 0 Å². The lowest BCUT2D eigenvalue weighted by molar-refractivity contribution is -0.189. The van der Waals surface area contributed by atoms with Gasteiger partial charge in [-0.25, -0.2) is 0 Å². The van der Waals surface area contributed by atoms with Gasteiger partial charge < -0.3 is 19.3 Å². The van der Waals surface area contributed by atoms with E-state index in [-0.39, 0.29) is 12.4 Å². The molecule has 4 rings (SSSR count). The molecule has 0 spiro atoms. The fourth-order valence-electron chi connectivity index (χ4n) is 4.84. The highest BCUT2D eigenvalue weighted by molar-refractivity contribution is 5.76. The van der Waals surface area contributed by atoms with E-state index in [1.165, 1.54) is 39.8 Å². The molecule has 0 aromatic heterocycles. The van der Waals surface area contributed by atoms with Crippen molar-refractivity contribution in [3.8, 4) is 16.9 Å². The number of fused-ring (bicyclic) bond motifs is 1. The van der Waals surface area contributed by atoms with Gasteiger partial charge in [0.1, 0.15) is 5.75 Å². The zero-order valence-corrected chi connectivity index (χ0v) is 19.4. The van der Waals surface area contributed by atoms with Crippen LogP contribution in [-0.2, 0) is 15.9 Å². The van der Waals surface area contributed by atoms with Gasteiger partial charge in [0.05, 0.1) is 18.3 Å². The monoisotopic (exact) mass is 424 g/mol. The second-order valence-electron chi connectivity index (χ2n) is 9.68. The van der Waals surface area contributed by atoms with Crippen LogP contribution in [0.1, 0.15) is 74.3 Å². The minimum Gasteiger partial charge on any atom is -0.493 e. The molecule has 4 nitrogen and oxygen atoms in total. The molecular weight excluding hydrogens is 388 g/mol. The maximum atomic E-state index is 9.91. The van der Waals surface area contributed by atoms with Crippen LogP contribution in [0.2, 0.25) is 0 Å². The Morgan fingerprint density at radius 3 is 2.55 bits per heavy atom. The van der Waals surface area contributed by atoms with Crippen LogP contribution in [0.25, 0.3) is 11.1 Å². The number of ether oxygens (including phenoxy) is 3. The van der Waals surface area contributed by atoms with E-state index in [1.54, 1.807) is 0 Å². The lowest BCUT2D eigenvalue weighted by Gasteiger charge is -2.26. The number of aliphatic hydroxyl groups is 1. The number of benzene rings is 2. The molecule has 0 saturated carbocycles. The summed E-state index contributed by atoms with van der Waals surface area (Å²) in [6.45, 7) is 9.25. The zero-order valence-electron chi connectivity index (χ0n) is 19.4. The third-order valence-electron chi connectivity index (χ3n) is 6.43. The highest BCUT2D eigenvalue weighted by atomic mass is 16.7. The molecule has 1 aliphatic heterocycles. The van der Waals surface area contributed by atoms with Gasteiger partial charge in [0.2, 0.25) is 0 Å². The summed E-state index contributed by atoms with van der Waals surface area (Å²) in [5.41, 5.74) is 7.04. The Morgan fingerprint density at radius 2 is 1.87 bits per heavy atom. The smallest absolute Gasteiger partial charge is 0.158 e. The Bertz CT molecular complexity index is 883. The second-order valence-corrected chi connectivity index (χ2v) is 9.68. The second kappa shape index (κ2) is 9.32. The maximum Gasteiger partial charge on any atom is 0.158 e. The predicted molar refractivity (Wildman–Crippen MR) is 123 cm³/mol. The van der Waals surface area contributed by atoms with Crippen molar-refractivity contribution < 1.29 is 19.3 Å². The van der Waals surface area contributed by atoms with Gasteiger partial charge in [-0.05, 0) is 105 Å². The number of aryl methyl sites for hydroxylation is 2. The van der Waals surface area contributed by atoms with E-state index in [0.717, 1.165) is 38.0 Å². The molecule has 2 aromatic carbocycles. The van der Waals surface area contributed by atoms with E-state index in [9.17, 15) is 5.11 Å². The van der Waals surface area contributed by atoms with Crippen LogP contribution in [0.3, 0.4) is 0 Å². The van der Waals surface area contributed by atoms with E-state index >= 15 is 0 Å². The third kappa shape index (κ3) is 5.31. The van der Waals surface area contributed by atoms with Crippen molar-refractivity contribution >= 4 is 0 Å². The highest BCUT2D eigenvalue weighted by Crippen LogP contribution is 2.43. The Labute approximate surface area is 186 Å². The summed E-state index contributed by atoms with van der Waals surface area (Å²) >= 11 is 0. The van der Waals surface area contributed by atoms with Gasteiger partial charge in [-0.15, -0.1) is 0 Å². The molecule has 1 N–H and O–H groups in total. The normalized spacial score (nSPS) is 21.2. The van der Waals surface area contributed by atoms with Crippen LogP contribution in [0.4, 0.5) is 0 Å². The molecule has 0 radical (unpaired) electrons. The lowest BCUT2D eigenvalue weighted by Crippen LogP contribution is -2.23. The molecule has 1 saturated heterocycles. The summed E-state index contributed by atoms with van der Waals surface area (Å²) in [6.07, 6.45) is 6.05. The van der Waals surface area contributed by atoms with Crippen LogP contribution in [0, 0.1) is 13.8 Å². The van der Waals surface area contributed by atoms with Crippen LogP contribution in [0.5, 0.6) is 5.75 Å². The van der Waals surface area contributed by atoms with E-state index in [4.69, 9.17) is 14.2 Å². The number of hydrogen-bond donors (Lipinski definition) is 1. The summed E-state index contributed by atoms with van der Waals surface area (Å²) in [5, 5.41) is 9.91. The molecule has 31 heavy (non-hydrogen) atoms. The third-order valence-corrected chi connectivity index (χ3v) is 6.43. The van der Waals surface area contributed by atoms with Crippen molar-refractivity contribution in [3.63, 3.8) is 0 Å². The van der Waals surface area contributed by atoms with Gasteiger partial charge in [0.25, 0.3) is 0 Å². The molecule has 0 amide bonds. The fourth-order valence-corrected chi connectivity index (χ4v) is 4.84. The average Bonchev–Trinajstić information content (AvgIpc) is 3.11. The lowest BCUT2D eigenvalue weighted by atomic mass is 9.90. The van der Waals surface area contributed by atoms with Crippen molar-refractivity contribution in [2.45, 2.75) is 84.2 Å². The van der Waals surface area contributed by atoms with Gasteiger partial charge in [-0.1, -0.05) is 18.2 Å². The van der Waals surface area contributed by atoms with Crippen LogP contribution < -0.4 is 4.74 Å². The SMILES string of the molecule is Cc1cc(OCCC(C)(C)O)cc(C)c1-c1cccc2c1CCC2OC1CCCCO1. The van der Waals surface area contributed by atoms with Crippen LogP contribution >= 0.6 is 0 Å². The molecule has 1 aliphatic carbocycles. The largest absolute Gasteiger partial charge is 0.493 e. The molecule has 2 aliphatic rings. The Balaban J connectivity index is 1.55. The van der Waals surface area contributed by atoms with Gasteiger partial charge in [0.15, 0.2) is 6.29 Å². The molecule has 0 bridgehead atoms. The van der Waals surface area contributed by atoms with Crippen molar-refractivity contribution in [1.29, 1.82) is 0 Å². The molecule has 4 heteroatoms. The molecule has 2 aromatic rings. The minimum absolute atomic E-state index is 0.0582. The standard InChI is InChI=1S/C27H36O4/c1-18-16-20(29-15-13-27(3,4)28)17-19(2)26(18)23-9-7-8-22-21(23)11-12-24(22)31-25-10-5-6-14-30-25/h7-9,16-17,24-25,28H,5-6,10-15H2,1-4H3. The quantitative estimate of drug-likeness (QED) is 0.589. The molecule has 2 atom stereocenters. The summed E-state index contributed by atoms with van der Waals surface area (Å²) in [4.78, 5) is 0. The van der Waals surface area contributed by atoms with Crippen molar-refractivity contribution in [1.82, 2.24) is 0 Å². The molecule has 1 heterocycles.